The van der Waals surface area contributed by atoms with Crippen LogP contribution >= 0.6 is 11.6 Å². The fourth-order valence-electron chi connectivity index (χ4n) is 2.03. The van der Waals surface area contributed by atoms with Crippen molar-refractivity contribution in [3.05, 3.63) is 23.2 Å². The van der Waals surface area contributed by atoms with Gasteiger partial charge in [-0.05, 0) is 37.5 Å². The van der Waals surface area contributed by atoms with Gasteiger partial charge >= 0.3 is 0 Å². The van der Waals surface area contributed by atoms with E-state index in [0.29, 0.717) is 10.8 Å². The fraction of sp³-hybridized carbons (Fsp3) is 0.462. The number of nitrogens with one attached hydrogen (secondary N) is 2. The van der Waals surface area contributed by atoms with Gasteiger partial charge in [-0.3, -0.25) is 4.79 Å². The molecule has 2 N–H and O–H groups in total. The molecule has 0 unspecified atom stereocenters. The predicted octanol–water partition coefficient (Wildman–Crippen LogP) is 2.43. The van der Waals surface area contributed by atoms with Crippen molar-refractivity contribution >= 4 is 23.2 Å². The summed E-state index contributed by atoms with van der Waals surface area (Å²) in [7, 11) is 1.58. The number of halogens is 1. The van der Waals surface area contributed by atoms with Gasteiger partial charge in [-0.1, -0.05) is 11.6 Å². The topological polar surface area (TPSA) is 50.4 Å². The van der Waals surface area contributed by atoms with Gasteiger partial charge in [-0.25, -0.2) is 0 Å². The highest BCUT2D eigenvalue weighted by Gasteiger charge is 2.20. The van der Waals surface area contributed by atoms with Gasteiger partial charge in [-0.2, -0.15) is 0 Å². The van der Waals surface area contributed by atoms with Crippen molar-refractivity contribution in [2.24, 2.45) is 0 Å². The Morgan fingerprint density at radius 1 is 1.44 bits per heavy atom. The molecule has 1 fully saturated rings. The number of hydrogen-bond acceptors (Lipinski definition) is 3. The van der Waals surface area contributed by atoms with Crippen LogP contribution in [-0.2, 0) is 4.79 Å². The summed E-state index contributed by atoms with van der Waals surface area (Å²) in [4.78, 5) is 11.8. The summed E-state index contributed by atoms with van der Waals surface area (Å²) in [6.45, 7) is 0.764. The van der Waals surface area contributed by atoms with Crippen LogP contribution < -0.4 is 15.4 Å². The second-order valence-electron chi connectivity index (χ2n) is 4.33. The highest BCUT2D eigenvalue weighted by molar-refractivity contribution is 6.32. The molecule has 4 nitrogen and oxygen atoms in total. The molecule has 1 atom stereocenters. The lowest BCUT2D eigenvalue weighted by Crippen LogP contribution is -2.37. The van der Waals surface area contributed by atoms with E-state index in [1.165, 1.54) is 0 Å². The molecule has 1 heterocycles. The van der Waals surface area contributed by atoms with Gasteiger partial charge in [0.05, 0.1) is 12.1 Å². The molecule has 18 heavy (non-hydrogen) atoms. The van der Waals surface area contributed by atoms with E-state index in [0.717, 1.165) is 31.5 Å². The van der Waals surface area contributed by atoms with Crippen LogP contribution in [0.4, 0.5) is 5.69 Å². The lowest BCUT2D eigenvalue weighted by atomic mass is 10.1. The maximum atomic E-state index is 11.8. The van der Waals surface area contributed by atoms with Gasteiger partial charge in [0, 0.05) is 12.2 Å². The van der Waals surface area contributed by atoms with E-state index in [2.05, 4.69) is 10.6 Å². The highest BCUT2D eigenvalue weighted by Crippen LogP contribution is 2.27. The summed E-state index contributed by atoms with van der Waals surface area (Å²) in [5.74, 6) is 0.687. The molecule has 98 valence electrons. The van der Waals surface area contributed by atoms with E-state index in [9.17, 15) is 4.79 Å². The number of benzene rings is 1. The Morgan fingerprint density at radius 3 is 3.00 bits per heavy atom. The van der Waals surface area contributed by atoms with E-state index in [-0.39, 0.29) is 11.9 Å². The Morgan fingerprint density at radius 2 is 2.28 bits per heavy atom. The monoisotopic (exact) mass is 268 g/mol. The molecule has 0 radical (unpaired) electrons. The van der Waals surface area contributed by atoms with Gasteiger partial charge in [0.15, 0.2) is 0 Å². The summed E-state index contributed by atoms with van der Waals surface area (Å²) in [5, 5.41) is 6.64. The third-order valence-corrected chi connectivity index (χ3v) is 3.32. The van der Waals surface area contributed by atoms with Crippen molar-refractivity contribution in [2.45, 2.75) is 25.3 Å². The largest absolute Gasteiger partial charge is 0.495 e. The van der Waals surface area contributed by atoms with Crippen LogP contribution in [0.3, 0.4) is 0 Å². The first-order valence-electron chi connectivity index (χ1n) is 6.08. The molecule has 0 aromatic heterocycles. The number of carbonyl (C=O) groups is 1. The molecule has 0 spiro atoms. The van der Waals surface area contributed by atoms with Crippen LogP contribution in [0.15, 0.2) is 18.2 Å². The first-order chi connectivity index (χ1) is 8.70. The van der Waals surface area contributed by atoms with Gasteiger partial charge in [0.25, 0.3) is 0 Å². The van der Waals surface area contributed by atoms with Crippen molar-refractivity contribution < 1.29 is 9.53 Å². The summed E-state index contributed by atoms with van der Waals surface area (Å²) >= 11 is 6.05. The molecular formula is C13H17ClN2O2. The Balaban J connectivity index is 2.08. The minimum atomic E-state index is -0.183. The van der Waals surface area contributed by atoms with E-state index < -0.39 is 0 Å². The molecule has 0 saturated carbocycles. The maximum Gasteiger partial charge on any atom is 0.242 e. The number of hydrogen-bond donors (Lipinski definition) is 2. The smallest absolute Gasteiger partial charge is 0.242 e. The summed E-state index contributed by atoms with van der Waals surface area (Å²) < 4.78 is 5.09. The number of carbonyl (C=O) groups excluding carboxylic acids is 1. The van der Waals surface area contributed by atoms with Crippen molar-refractivity contribution in [3.8, 4) is 5.75 Å². The second-order valence-corrected chi connectivity index (χ2v) is 4.74. The van der Waals surface area contributed by atoms with Gasteiger partial charge < -0.3 is 15.4 Å². The molecule has 0 bridgehead atoms. The highest BCUT2D eigenvalue weighted by atomic mass is 35.5. The quantitative estimate of drug-likeness (QED) is 0.885. The van der Waals surface area contributed by atoms with Crippen LogP contribution in [0.25, 0.3) is 0 Å². The van der Waals surface area contributed by atoms with E-state index in [1.54, 1.807) is 19.2 Å². The van der Waals surface area contributed by atoms with Gasteiger partial charge in [0.2, 0.25) is 5.91 Å². The van der Waals surface area contributed by atoms with E-state index in [1.807, 2.05) is 6.07 Å². The summed E-state index contributed by atoms with van der Waals surface area (Å²) in [5.41, 5.74) is 0.836. The first-order valence-corrected chi connectivity index (χ1v) is 6.46. The van der Waals surface area contributed by atoms with E-state index >= 15 is 0 Å². The molecule has 0 aliphatic carbocycles. The minimum Gasteiger partial charge on any atom is -0.495 e. The normalized spacial score (nSPS) is 19.9. The molecule has 1 saturated heterocycles. The fourth-order valence-corrected chi connectivity index (χ4v) is 2.29. The first kappa shape index (κ1) is 13.0. The number of anilines is 1. The molecule has 1 aliphatic rings. The van der Waals surface area contributed by atoms with Crippen molar-refractivity contribution in [1.29, 1.82) is 0 Å². The molecule has 1 aromatic rings. The third kappa shape index (κ3) is 3.07. The standard InChI is InChI=1S/C13H17ClN2O2/c1-18-12-6-5-9(8-10(12)14)16-11-4-2-3-7-15-13(11)17/h5-6,8,11,16H,2-4,7H2,1H3,(H,15,17)/t11-/m1/s1. The minimum absolute atomic E-state index is 0.0550. The number of ether oxygens (including phenoxy) is 1. The van der Waals surface area contributed by atoms with Crippen LogP contribution in [0.5, 0.6) is 5.75 Å². The molecule has 1 aromatic carbocycles. The summed E-state index contributed by atoms with van der Waals surface area (Å²) in [6, 6.07) is 5.25. The van der Waals surface area contributed by atoms with E-state index in [4.69, 9.17) is 16.3 Å². The Hall–Kier alpha value is -1.42. The molecule has 1 aliphatic heterocycles. The van der Waals surface area contributed by atoms with Gasteiger partial charge in [0.1, 0.15) is 11.8 Å². The predicted molar refractivity (Wildman–Crippen MR) is 72.3 cm³/mol. The Labute approximate surface area is 112 Å². The van der Waals surface area contributed by atoms with Crippen LogP contribution in [0.1, 0.15) is 19.3 Å². The zero-order chi connectivity index (χ0) is 13.0. The van der Waals surface area contributed by atoms with Crippen LogP contribution in [-0.4, -0.2) is 25.6 Å². The third-order valence-electron chi connectivity index (χ3n) is 3.03. The number of rotatable bonds is 3. The van der Waals surface area contributed by atoms with Gasteiger partial charge in [-0.15, -0.1) is 0 Å². The number of amides is 1. The average Bonchev–Trinajstić information content (AvgIpc) is 2.55. The van der Waals surface area contributed by atoms with Crippen molar-refractivity contribution in [2.75, 3.05) is 19.0 Å². The van der Waals surface area contributed by atoms with Crippen LogP contribution in [0, 0.1) is 0 Å². The number of methoxy groups -OCH3 is 1. The zero-order valence-corrected chi connectivity index (χ0v) is 11.1. The zero-order valence-electron chi connectivity index (χ0n) is 10.3. The van der Waals surface area contributed by atoms with Crippen molar-refractivity contribution in [1.82, 2.24) is 5.32 Å². The summed E-state index contributed by atoms with van der Waals surface area (Å²) in [6.07, 6.45) is 2.92. The lowest BCUT2D eigenvalue weighted by molar-refractivity contribution is -0.121. The average molecular weight is 269 g/mol. The van der Waals surface area contributed by atoms with Crippen LogP contribution in [0.2, 0.25) is 5.02 Å². The molecular weight excluding hydrogens is 252 g/mol. The maximum absolute atomic E-state index is 11.8. The SMILES string of the molecule is COc1ccc(N[C@@H]2CCCCNC2=O)cc1Cl. The molecule has 1 amide bonds. The molecule has 5 heteroatoms. The Kier molecular flexibility index (Phi) is 4.31. The Bertz CT molecular complexity index is 437. The second kappa shape index (κ2) is 5.96. The molecule has 2 rings (SSSR count). The lowest BCUT2D eigenvalue weighted by Gasteiger charge is -2.17. The van der Waals surface area contributed by atoms with Crippen molar-refractivity contribution in [3.63, 3.8) is 0 Å².